The van der Waals surface area contributed by atoms with Crippen molar-refractivity contribution in [2.75, 3.05) is 13.6 Å². The summed E-state index contributed by atoms with van der Waals surface area (Å²) in [6.45, 7) is 1.26. The fourth-order valence-electron chi connectivity index (χ4n) is 2.73. The zero-order valence-corrected chi connectivity index (χ0v) is 11.7. The summed E-state index contributed by atoms with van der Waals surface area (Å²) in [5.41, 5.74) is 6.02. The molecule has 106 valence electrons. The Morgan fingerprint density at radius 2 is 2.11 bits per heavy atom. The Morgan fingerprint density at radius 3 is 2.74 bits per heavy atom. The Hall–Kier alpha value is -1.36. The summed E-state index contributed by atoms with van der Waals surface area (Å²) in [6.07, 6.45) is 10.8. The van der Waals surface area contributed by atoms with Gasteiger partial charge < -0.3 is 15.2 Å². The van der Waals surface area contributed by atoms with Crippen molar-refractivity contribution >= 4 is 5.91 Å². The number of carbonyl (C=O) groups is 1. The van der Waals surface area contributed by atoms with Gasteiger partial charge in [0.05, 0.1) is 6.33 Å². The van der Waals surface area contributed by atoms with E-state index in [0.29, 0.717) is 24.8 Å². The SMILES string of the molecule is CN(C(=O)c1cn(CCN)cn1)C1CCCCCC1. The van der Waals surface area contributed by atoms with E-state index in [0.717, 1.165) is 12.8 Å². The number of aromatic nitrogens is 2. The average Bonchev–Trinajstić information content (AvgIpc) is 2.72. The van der Waals surface area contributed by atoms with Gasteiger partial charge >= 0.3 is 0 Å². The van der Waals surface area contributed by atoms with Gasteiger partial charge in [-0.1, -0.05) is 25.7 Å². The molecule has 0 saturated heterocycles. The maximum Gasteiger partial charge on any atom is 0.274 e. The third kappa shape index (κ3) is 3.56. The summed E-state index contributed by atoms with van der Waals surface area (Å²) in [5, 5.41) is 0. The molecule has 5 heteroatoms. The maximum atomic E-state index is 12.4. The largest absolute Gasteiger partial charge is 0.337 e. The Bertz CT molecular complexity index is 407. The normalized spacial score (nSPS) is 17.2. The average molecular weight is 264 g/mol. The number of amides is 1. The van der Waals surface area contributed by atoms with Crippen LogP contribution in [0, 0.1) is 0 Å². The molecule has 0 radical (unpaired) electrons. The lowest BCUT2D eigenvalue weighted by Crippen LogP contribution is -2.36. The van der Waals surface area contributed by atoms with Gasteiger partial charge in [-0.25, -0.2) is 4.98 Å². The van der Waals surface area contributed by atoms with Crippen molar-refractivity contribution in [3.63, 3.8) is 0 Å². The maximum absolute atomic E-state index is 12.4. The van der Waals surface area contributed by atoms with E-state index in [-0.39, 0.29) is 5.91 Å². The van der Waals surface area contributed by atoms with Crippen LogP contribution in [0.15, 0.2) is 12.5 Å². The molecule has 1 amide bonds. The molecular weight excluding hydrogens is 240 g/mol. The minimum absolute atomic E-state index is 0.0303. The number of imidazole rings is 1. The fourth-order valence-corrected chi connectivity index (χ4v) is 2.73. The van der Waals surface area contributed by atoms with Crippen molar-refractivity contribution in [2.45, 2.75) is 51.1 Å². The van der Waals surface area contributed by atoms with Crippen molar-refractivity contribution < 1.29 is 4.79 Å². The van der Waals surface area contributed by atoms with Crippen LogP contribution in [0.1, 0.15) is 49.0 Å². The van der Waals surface area contributed by atoms with Crippen molar-refractivity contribution in [3.8, 4) is 0 Å². The molecule has 1 aliphatic rings. The Morgan fingerprint density at radius 1 is 1.42 bits per heavy atom. The molecule has 0 atom stereocenters. The van der Waals surface area contributed by atoms with Crippen LogP contribution >= 0.6 is 0 Å². The van der Waals surface area contributed by atoms with Gasteiger partial charge in [0, 0.05) is 32.4 Å². The van der Waals surface area contributed by atoms with Crippen molar-refractivity contribution in [1.29, 1.82) is 0 Å². The monoisotopic (exact) mass is 264 g/mol. The topological polar surface area (TPSA) is 64.2 Å². The second kappa shape index (κ2) is 6.70. The van der Waals surface area contributed by atoms with E-state index < -0.39 is 0 Å². The predicted molar refractivity (Wildman–Crippen MR) is 74.9 cm³/mol. The van der Waals surface area contributed by atoms with Gasteiger partial charge in [0.1, 0.15) is 5.69 Å². The number of hydrogen-bond donors (Lipinski definition) is 1. The van der Waals surface area contributed by atoms with Gasteiger partial charge in [0.25, 0.3) is 5.91 Å². The first-order valence-corrected chi connectivity index (χ1v) is 7.21. The second-order valence-electron chi connectivity index (χ2n) is 5.35. The highest BCUT2D eigenvalue weighted by Gasteiger charge is 2.23. The quantitative estimate of drug-likeness (QED) is 0.841. The van der Waals surface area contributed by atoms with Crippen LogP contribution in [0.3, 0.4) is 0 Å². The zero-order valence-electron chi connectivity index (χ0n) is 11.7. The summed E-state index contributed by atoms with van der Waals surface area (Å²) < 4.78 is 1.87. The Kier molecular flexibility index (Phi) is 4.96. The van der Waals surface area contributed by atoms with Gasteiger partial charge in [-0.3, -0.25) is 4.79 Å². The zero-order chi connectivity index (χ0) is 13.7. The smallest absolute Gasteiger partial charge is 0.274 e. The van der Waals surface area contributed by atoms with Gasteiger partial charge in [-0.05, 0) is 12.8 Å². The van der Waals surface area contributed by atoms with Gasteiger partial charge in [-0.2, -0.15) is 0 Å². The highest BCUT2D eigenvalue weighted by molar-refractivity contribution is 5.92. The van der Waals surface area contributed by atoms with Crippen LogP contribution < -0.4 is 5.73 Å². The summed E-state index contributed by atoms with van der Waals surface area (Å²) >= 11 is 0. The van der Waals surface area contributed by atoms with Crippen LogP contribution in [0.2, 0.25) is 0 Å². The number of hydrogen-bond acceptors (Lipinski definition) is 3. The lowest BCUT2D eigenvalue weighted by Gasteiger charge is -2.26. The van der Waals surface area contributed by atoms with E-state index in [2.05, 4.69) is 4.98 Å². The van der Waals surface area contributed by atoms with E-state index in [4.69, 9.17) is 5.73 Å². The molecule has 0 aliphatic heterocycles. The number of nitrogens with zero attached hydrogens (tertiary/aromatic N) is 3. The van der Waals surface area contributed by atoms with Crippen LogP contribution in [-0.4, -0.2) is 40.0 Å². The molecule has 1 saturated carbocycles. The minimum Gasteiger partial charge on any atom is -0.337 e. The van der Waals surface area contributed by atoms with E-state index >= 15 is 0 Å². The molecule has 1 fully saturated rings. The predicted octanol–water partition coefficient (Wildman–Crippen LogP) is 1.64. The second-order valence-corrected chi connectivity index (χ2v) is 5.35. The molecule has 2 N–H and O–H groups in total. The van der Waals surface area contributed by atoms with E-state index in [1.54, 1.807) is 12.5 Å². The summed E-state index contributed by atoms with van der Waals surface area (Å²) in [6, 6.07) is 0.370. The van der Waals surface area contributed by atoms with Crippen LogP contribution in [-0.2, 0) is 6.54 Å². The minimum atomic E-state index is 0.0303. The fraction of sp³-hybridized carbons (Fsp3) is 0.714. The summed E-state index contributed by atoms with van der Waals surface area (Å²) in [7, 11) is 1.90. The highest BCUT2D eigenvalue weighted by Crippen LogP contribution is 2.22. The molecular formula is C14H24N4O. The summed E-state index contributed by atoms with van der Waals surface area (Å²) in [5.74, 6) is 0.0303. The van der Waals surface area contributed by atoms with Gasteiger partial charge in [-0.15, -0.1) is 0 Å². The molecule has 1 aliphatic carbocycles. The lowest BCUT2D eigenvalue weighted by molar-refractivity contribution is 0.0712. The molecule has 1 heterocycles. The lowest BCUT2D eigenvalue weighted by atomic mass is 10.1. The van der Waals surface area contributed by atoms with E-state index in [9.17, 15) is 4.79 Å². The third-order valence-corrected chi connectivity index (χ3v) is 3.93. The molecule has 0 bridgehead atoms. The van der Waals surface area contributed by atoms with E-state index in [1.807, 2.05) is 16.5 Å². The Labute approximate surface area is 114 Å². The first kappa shape index (κ1) is 14.1. The first-order valence-electron chi connectivity index (χ1n) is 7.21. The summed E-state index contributed by atoms with van der Waals surface area (Å²) in [4.78, 5) is 18.5. The van der Waals surface area contributed by atoms with Crippen molar-refractivity contribution in [1.82, 2.24) is 14.5 Å². The van der Waals surface area contributed by atoms with E-state index in [1.165, 1.54) is 25.7 Å². The van der Waals surface area contributed by atoms with Gasteiger partial charge in [0.15, 0.2) is 0 Å². The molecule has 0 spiro atoms. The molecule has 19 heavy (non-hydrogen) atoms. The number of carbonyl (C=O) groups excluding carboxylic acids is 1. The number of rotatable bonds is 4. The van der Waals surface area contributed by atoms with Crippen LogP contribution in [0.4, 0.5) is 0 Å². The first-order chi connectivity index (χ1) is 9.22. The van der Waals surface area contributed by atoms with Gasteiger partial charge in [0.2, 0.25) is 0 Å². The third-order valence-electron chi connectivity index (χ3n) is 3.93. The standard InChI is InChI=1S/C14H24N4O/c1-17(12-6-4-2-3-5-7-12)14(19)13-10-18(9-8-15)11-16-13/h10-12H,2-9,15H2,1H3. The molecule has 0 unspecified atom stereocenters. The van der Waals surface area contributed by atoms with Crippen molar-refractivity contribution in [3.05, 3.63) is 18.2 Å². The molecule has 5 nitrogen and oxygen atoms in total. The van der Waals surface area contributed by atoms with Crippen LogP contribution in [0.25, 0.3) is 0 Å². The molecule has 1 aromatic heterocycles. The molecule has 1 aromatic rings. The van der Waals surface area contributed by atoms with Crippen LogP contribution in [0.5, 0.6) is 0 Å². The highest BCUT2D eigenvalue weighted by atomic mass is 16.2. The molecule has 0 aromatic carbocycles. The number of nitrogens with two attached hydrogens (primary N) is 1. The van der Waals surface area contributed by atoms with Crippen molar-refractivity contribution in [2.24, 2.45) is 5.73 Å². The Balaban J connectivity index is 2.00. The molecule has 2 rings (SSSR count).